The van der Waals surface area contributed by atoms with Crippen LogP contribution in [0.15, 0.2) is 182 Å². The van der Waals surface area contributed by atoms with Crippen LogP contribution in [0.2, 0.25) is 0 Å². The highest BCUT2D eigenvalue weighted by Crippen LogP contribution is 2.30. The number of rotatable bonds is 34. The van der Waals surface area contributed by atoms with Gasteiger partial charge >= 0.3 is 0 Å². The molecule has 19 nitrogen and oxygen atoms in total. The van der Waals surface area contributed by atoms with Gasteiger partial charge in [-0.1, -0.05) is 182 Å². The number of carbonyl (C=O) groups is 8. The Balaban J connectivity index is 0.982. The van der Waals surface area contributed by atoms with E-state index in [0.29, 0.717) is 32.7 Å². The fourth-order valence-electron chi connectivity index (χ4n) is 13.3. The van der Waals surface area contributed by atoms with E-state index in [-0.39, 0.29) is 138 Å². The van der Waals surface area contributed by atoms with Crippen molar-refractivity contribution in [3.63, 3.8) is 0 Å². The lowest BCUT2D eigenvalue weighted by molar-refractivity contribution is -0.140. The van der Waals surface area contributed by atoms with E-state index in [2.05, 4.69) is 15.1 Å². The van der Waals surface area contributed by atoms with E-state index in [1.807, 2.05) is 228 Å². The van der Waals surface area contributed by atoms with Gasteiger partial charge in [-0.25, -0.2) is 0 Å². The highest BCUT2D eigenvalue weighted by Gasteiger charge is 2.34. The summed E-state index contributed by atoms with van der Waals surface area (Å²) in [4.78, 5) is 131. The number of primary amides is 1. The average molecular weight is 1320 g/mol. The van der Waals surface area contributed by atoms with Gasteiger partial charge in [0, 0.05) is 130 Å². The molecule has 2 heterocycles. The van der Waals surface area contributed by atoms with Crippen molar-refractivity contribution < 1.29 is 38.4 Å². The van der Waals surface area contributed by atoms with Crippen LogP contribution in [0.1, 0.15) is 150 Å². The third kappa shape index (κ3) is 21.5. The van der Waals surface area contributed by atoms with Gasteiger partial charge in [-0.15, -0.1) is 0 Å². The molecule has 0 aromatic heterocycles. The van der Waals surface area contributed by atoms with E-state index < -0.39 is 30.1 Å². The van der Waals surface area contributed by atoms with Crippen molar-refractivity contribution in [3.8, 4) is 0 Å². The summed E-state index contributed by atoms with van der Waals surface area (Å²) in [7, 11) is 0. The van der Waals surface area contributed by atoms with Gasteiger partial charge in [0.05, 0.1) is 49.3 Å². The van der Waals surface area contributed by atoms with Gasteiger partial charge in [-0.05, 0) is 74.9 Å². The summed E-state index contributed by atoms with van der Waals surface area (Å²) < 4.78 is 0. The van der Waals surface area contributed by atoms with Gasteiger partial charge in [0.1, 0.15) is 0 Å². The minimum atomic E-state index is -0.527. The number of nitrogens with two attached hydrogens (primary N) is 1. The van der Waals surface area contributed by atoms with Crippen LogP contribution in [-0.4, -0.2) is 196 Å². The van der Waals surface area contributed by atoms with E-state index >= 15 is 14.4 Å². The Morgan fingerprint density at radius 2 is 0.546 bits per heavy atom. The number of hydrogen-bond donors (Lipinski definition) is 2. The minimum absolute atomic E-state index is 0.00869. The van der Waals surface area contributed by atoms with Crippen LogP contribution in [-0.2, 0) is 38.4 Å². The Kier molecular flexibility index (Phi) is 28.5. The Hall–Kier alpha value is -9.04. The zero-order valence-electron chi connectivity index (χ0n) is 57.7. The van der Waals surface area contributed by atoms with Crippen molar-refractivity contribution in [2.75, 3.05) is 105 Å². The molecule has 8 amide bonds. The molecule has 8 rings (SSSR count). The zero-order valence-corrected chi connectivity index (χ0v) is 57.7. The first kappa shape index (κ1) is 73.8. The molecule has 0 spiro atoms. The standard InChI is InChI=1S/C78H101N11O8/c1-59(65-25-13-7-14-26-65)84(45-37-71(79)90)72(91)38-46-85(60(2)66-27-15-8-16-28-66)73(92)39-47-86(61(3)67-29-17-9-18-30-67)74(93)40-48-87(62(4)68-31-19-10-20-32-68)75(94)41-49-88(63(5)69-33-21-11-22-34-69)76(95)42-50-89(64(6)70-35-23-12-24-36-70)78(97)58-82-53-55-83(56-54-82)77(96)57-81-51-43-80-44-52-81/h7-36,59-64,80H,37-58H2,1-6H3,(H2,79,90)/t59-,60-,61-,62-,63-,64-/m1/s1. The summed E-state index contributed by atoms with van der Waals surface area (Å²) in [5, 5.41) is 3.34. The predicted molar refractivity (Wildman–Crippen MR) is 379 cm³/mol. The smallest absolute Gasteiger partial charge is 0.237 e. The number of amides is 8. The molecule has 3 N–H and O–H groups in total. The van der Waals surface area contributed by atoms with Crippen molar-refractivity contribution in [1.82, 2.24) is 49.4 Å². The predicted octanol–water partition coefficient (Wildman–Crippen LogP) is 9.40. The van der Waals surface area contributed by atoms with E-state index in [1.54, 1.807) is 29.4 Å². The number of piperazine rings is 2. The second-order valence-corrected chi connectivity index (χ2v) is 25.7. The van der Waals surface area contributed by atoms with Crippen LogP contribution in [0.25, 0.3) is 0 Å². The summed E-state index contributed by atoms with van der Waals surface area (Å²) in [6, 6.07) is 55.3. The average Bonchev–Trinajstić information content (AvgIpc) is 0.899. The van der Waals surface area contributed by atoms with Crippen LogP contribution in [0.4, 0.5) is 0 Å². The van der Waals surface area contributed by atoms with Crippen molar-refractivity contribution in [1.29, 1.82) is 0 Å². The molecule has 2 fully saturated rings. The highest BCUT2D eigenvalue weighted by molar-refractivity contribution is 5.84. The lowest BCUT2D eigenvalue weighted by Crippen LogP contribution is -2.54. The number of nitrogens with zero attached hydrogens (tertiary/aromatic N) is 9. The first-order valence-corrected chi connectivity index (χ1v) is 34.7. The molecule has 0 aliphatic carbocycles. The fourth-order valence-corrected chi connectivity index (χ4v) is 13.3. The monoisotopic (exact) mass is 1320 g/mol. The van der Waals surface area contributed by atoms with Crippen molar-refractivity contribution >= 4 is 47.3 Å². The number of hydrogen-bond acceptors (Lipinski definition) is 11. The van der Waals surface area contributed by atoms with E-state index in [4.69, 9.17) is 5.73 Å². The van der Waals surface area contributed by atoms with Gasteiger partial charge in [-0.2, -0.15) is 0 Å². The molecule has 6 atom stereocenters. The molecule has 0 bridgehead atoms. The van der Waals surface area contributed by atoms with Crippen molar-refractivity contribution in [2.45, 2.75) is 116 Å². The largest absolute Gasteiger partial charge is 0.370 e. The highest BCUT2D eigenvalue weighted by atomic mass is 16.2. The minimum Gasteiger partial charge on any atom is -0.370 e. The molecule has 97 heavy (non-hydrogen) atoms. The van der Waals surface area contributed by atoms with Crippen molar-refractivity contribution in [2.24, 2.45) is 5.73 Å². The molecule has 6 aromatic carbocycles. The lowest BCUT2D eigenvalue weighted by atomic mass is 10.0. The Morgan fingerprint density at radius 1 is 0.320 bits per heavy atom. The van der Waals surface area contributed by atoms with Gasteiger partial charge in [0.15, 0.2) is 0 Å². The number of nitrogens with one attached hydrogen (secondary N) is 1. The third-order valence-electron chi connectivity index (χ3n) is 19.5. The van der Waals surface area contributed by atoms with Crippen LogP contribution in [0, 0.1) is 0 Å². The molecule has 2 aliphatic heterocycles. The zero-order chi connectivity index (χ0) is 69.2. The first-order chi connectivity index (χ1) is 46.9. The lowest BCUT2D eigenvalue weighted by Gasteiger charge is -2.38. The van der Waals surface area contributed by atoms with E-state index in [0.717, 1.165) is 59.6 Å². The maximum absolute atomic E-state index is 15.2. The fraction of sp³-hybridized carbons (Fsp3) is 0.436. The molecule has 0 radical (unpaired) electrons. The molecule has 2 saturated heterocycles. The second kappa shape index (κ2) is 37.5. The Morgan fingerprint density at radius 3 is 0.794 bits per heavy atom. The first-order valence-electron chi connectivity index (χ1n) is 34.7. The van der Waals surface area contributed by atoms with Gasteiger partial charge in [0.25, 0.3) is 0 Å². The van der Waals surface area contributed by atoms with Crippen LogP contribution >= 0.6 is 0 Å². The summed E-state index contributed by atoms with van der Waals surface area (Å²) in [5.41, 5.74) is 10.9. The molecular weight excluding hydrogens is 1220 g/mol. The summed E-state index contributed by atoms with van der Waals surface area (Å²) in [5.74, 6) is -1.78. The van der Waals surface area contributed by atoms with Gasteiger partial charge in [-0.3, -0.25) is 48.2 Å². The Labute approximate surface area is 574 Å². The quantitative estimate of drug-likeness (QED) is 0.0390. The van der Waals surface area contributed by atoms with Gasteiger partial charge in [0.2, 0.25) is 47.3 Å². The molecule has 516 valence electrons. The third-order valence-corrected chi connectivity index (χ3v) is 19.5. The van der Waals surface area contributed by atoms with Crippen LogP contribution < -0.4 is 11.1 Å². The summed E-state index contributed by atoms with van der Waals surface area (Å²) in [6.45, 7) is 18.2. The maximum atomic E-state index is 15.2. The Bertz CT molecular complexity index is 3450. The van der Waals surface area contributed by atoms with E-state index in [9.17, 15) is 24.0 Å². The normalized spacial score (nSPS) is 15.3. The van der Waals surface area contributed by atoms with Crippen LogP contribution in [0.3, 0.4) is 0 Å². The van der Waals surface area contributed by atoms with Crippen LogP contribution in [0.5, 0.6) is 0 Å². The van der Waals surface area contributed by atoms with Gasteiger partial charge < -0.3 is 45.3 Å². The SMILES string of the molecule is C[C@H](c1ccccc1)N(CCC(N)=O)C(=O)CCN(C(=O)CCN(C(=O)CCN(C(=O)CCN(C(=O)CCN(C(=O)CN1CCN(C(=O)CN2CCNCC2)CC1)[C@H](C)c1ccccc1)[C@H](C)c1ccccc1)[C@H](C)c1ccccc1)[C@H](C)c1ccccc1)[C@H](C)c1ccccc1. The maximum Gasteiger partial charge on any atom is 0.237 e. The van der Waals surface area contributed by atoms with Crippen molar-refractivity contribution in [3.05, 3.63) is 215 Å². The number of carbonyl (C=O) groups excluding carboxylic acids is 8. The summed E-state index contributed by atoms with van der Waals surface area (Å²) in [6.07, 6.45) is -0.270. The topological polar surface area (TPSA) is 204 Å². The number of benzene rings is 6. The van der Waals surface area contributed by atoms with E-state index in [1.165, 1.54) is 0 Å². The molecular formula is C78H101N11O8. The molecule has 0 unspecified atom stereocenters. The molecule has 0 saturated carbocycles. The molecule has 6 aromatic rings. The summed E-state index contributed by atoms with van der Waals surface area (Å²) >= 11 is 0. The second-order valence-electron chi connectivity index (χ2n) is 25.7. The molecule has 19 heteroatoms. The molecule has 2 aliphatic rings.